The van der Waals surface area contributed by atoms with E-state index in [0.29, 0.717) is 61.3 Å². The Hall–Kier alpha value is -2.36. The number of hydrogen-bond donors (Lipinski definition) is 0. The Bertz CT molecular complexity index is 532. The first kappa shape index (κ1) is 16.7. The summed E-state index contributed by atoms with van der Waals surface area (Å²) in [5, 5.41) is 0. The molecule has 0 atom stereocenters. The zero-order chi connectivity index (χ0) is 15.7. The van der Waals surface area contributed by atoms with E-state index in [1.54, 1.807) is 12.1 Å². The van der Waals surface area contributed by atoms with Crippen molar-refractivity contribution in [3.05, 3.63) is 48.1 Å². The molecule has 4 heteroatoms. The molecule has 0 spiro atoms. The molecule has 4 nitrogen and oxygen atoms in total. The van der Waals surface area contributed by atoms with Crippen LogP contribution in [0.5, 0.6) is 11.5 Å². The lowest BCUT2D eigenvalue weighted by molar-refractivity contribution is 0.111. The maximum atomic E-state index is 11.1. The highest BCUT2D eigenvalue weighted by Gasteiger charge is 2.11. The molecule has 0 radical (unpaired) electrons. The molecule has 0 aliphatic rings. The van der Waals surface area contributed by atoms with Gasteiger partial charge < -0.3 is 9.47 Å². The first-order valence-corrected chi connectivity index (χ1v) is 6.71. The van der Waals surface area contributed by atoms with E-state index in [1.165, 1.54) is 6.07 Å². The highest BCUT2D eigenvalue weighted by Crippen LogP contribution is 2.28. The van der Waals surface area contributed by atoms with Gasteiger partial charge in [-0.25, -0.2) is 0 Å². The van der Waals surface area contributed by atoms with E-state index in [2.05, 4.69) is 13.2 Å². The van der Waals surface area contributed by atoms with Gasteiger partial charge in [-0.2, -0.15) is 0 Å². The molecule has 0 bridgehead atoms. The Kier molecular flexibility index (Phi) is 6.95. The standard InChI is InChI=1S/C17H20O4/c1-4-5-7-20-16-10-17(21-8-6-13(2)3)15(12-19)9-14(16)11-18/h4,9-12H,1-2,5-8H2,3H3. The molecule has 1 aromatic rings. The zero-order valence-electron chi connectivity index (χ0n) is 12.3. The molecule has 0 N–H and O–H groups in total. The van der Waals surface area contributed by atoms with Crippen LogP contribution in [0.3, 0.4) is 0 Å². The molecule has 0 saturated heterocycles. The van der Waals surface area contributed by atoms with E-state index in [1.807, 2.05) is 6.92 Å². The second kappa shape index (κ2) is 8.74. The van der Waals surface area contributed by atoms with Gasteiger partial charge in [-0.15, -0.1) is 13.2 Å². The minimum Gasteiger partial charge on any atom is -0.492 e. The smallest absolute Gasteiger partial charge is 0.153 e. The maximum Gasteiger partial charge on any atom is 0.153 e. The minimum absolute atomic E-state index is 0.327. The van der Waals surface area contributed by atoms with Gasteiger partial charge in [-0.1, -0.05) is 11.6 Å². The second-order valence-electron chi connectivity index (χ2n) is 4.64. The van der Waals surface area contributed by atoms with Crippen molar-refractivity contribution >= 4 is 12.6 Å². The Morgan fingerprint density at radius 1 is 1.10 bits per heavy atom. The van der Waals surface area contributed by atoms with E-state index in [9.17, 15) is 9.59 Å². The van der Waals surface area contributed by atoms with Gasteiger partial charge in [0.25, 0.3) is 0 Å². The van der Waals surface area contributed by atoms with Crippen LogP contribution in [-0.4, -0.2) is 25.8 Å². The fraction of sp³-hybridized carbons (Fsp3) is 0.294. The molecule has 1 rings (SSSR count). The first-order chi connectivity index (χ1) is 10.1. The van der Waals surface area contributed by atoms with Crippen molar-refractivity contribution in [1.29, 1.82) is 0 Å². The number of rotatable bonds is 10. The summed E-state index contributed by atoms with van der Waals surface area (Å²) in [6.45, 7) is 10.1. The predicted octanol–water partition coefficient (Wildman–Crippen LogP) is 3.61. The van der Waals surface area contributed by atoms with Gasteiger partial charge in [0, 0.05) is 12.5 Å². The number of ether oxygens (including phenoxy) is 2. The molecular formula is C17H20O4. The highest BCUT2D eigenvalue weighted by molar-refractivity contribution is 5.87. The van der Waals surface area contributed by atoms with E-state index >= 15 is 0 Å². The second-order valence-corrected chi connectivity index (χ2v) is 4.64. The van der Waals surface area contributed by atoms with Gasteiger partial charge in [0.1, 0.15) is 11.5 Å². The Morgan fingerprint density at radius 3 is 2.14 bits per heavy atom. The van der Waals surface area contributed by atoms with Gasteiger partial charge in [-0.3, -0.25) is 9.59 Å². The van der Waals surface area contributed by atoms with Crippen molar-refractivity contribution in [2.75, 3.05) is 13.2 Å². The van der Waals surface area contributed by atoms with Crippen molar-refractivity contribution in [3.63, 3.8) is 0 Å². The minimum atomic E-state index is 0.327. The summed E-state index contributed by atoms with van der Waals surface area (Å²) >= 11 is 0. The number of benzene rings is 1. The fourth-order valence-electron chi connectivity index (χ4n) is 1.62. The summed E-state index contributed by atoms with van der Waals surface area (Å²) in [6, 6.07) is 3.05. The summed E-state index contributed by atoms with van der Waals surface area (Å²) in [6.07, 6.45) is 4.41. The molecule has 112 valence electrons. The third-order valence-electron chi connectivity index (χ3n) is 2.76. The van der Waals surface area contributed by atoms with Crippen molar-refractivity contribution in [2.24, 2.45) is 0 Å². The molecule has 0 fully saturated rings. The van der Waals surface area contributed by atoms with Crippen LogP contribution in [0.4, 0.5) is 0 Å². The molecule has 0 saturated carbocycles. The van der Waals surface area contributed by atoms with E-state index in [4.69, 9.17) is 9.47 Å². The molecular weight excluding hydrogens is 268 g/mol. The van der Waals surface area contributed by atoms with Gasteiger partial charge in [-0.05, 0) is 19.4 Å². The topological polar surface area (TPSA) is 52.6 Å². The number of aldehydes is 2. The van der Waals surface area contributed by atoms with Crippen LogP contribution in [0.1, 0.15) is 40.5 Å². The predicted molar refractivity (Wildman–Crippen MR) is 82.5 cm³/mol. The average molecular weight is 288 g/mol. The summed E-state index contributed by atoms with van der Waals surface area (Å²) in [4.78, 5) is 22.2. The largest absolute Gasteiger partial charge is 0.492 e. The Labute approximate surface area is 125 Å². The lowest BCUT2D eigenvalue weighted by atomic mass is 10.1. The monoisotopic (exact) mass is 288 g/mol. The lowest BCUT2D eigenvalue weighted by Crippen LogP contribution is -2.04. The van der Waals surface area contributed by atoms with E-state index in [0.717, 1.165) is 5.57 Å². The van der Waals surface area contributed by atoms with Gasteiger partial charge in [0.15, 0.2) is 12.6 Å². The molecule has 0 unspecified atom stereocenters. The highest BCUT2D eigenvalue weighted by atomic mass is 16.5. The van der Waals surface area contributed by atoms with Crippen LogP contribution in [0.2, 0.25) is 0 Å². The molecule has 21 heavy (non-hydrogen) atoms. The third-order valence-corrected chi connectivity index (χ3v) is 2.76. The quantitative estimate of drug-likeness (QED) is 0.375. The van der Waals surface area contributed by atoms with Crippen molar-refractivity contribution < 1.29 is 19.1 Å². The first-order valence-electron chi connectivity index (χ1n) is 6.71. The van der Waals surface area contributed by atoms with Crippen LogP contribution in [0.25, 0.3) is 0 Å². The van der Waals surface area contributed by atoms with Gasteiger partial charge >= 0.3 is 0 Å². The normalized spacial score (nSPS) is 9.76. The summed E-state index contributed by atoms with van der Waals surface area (Å²) in [5.74, 6) is 0.813. The summed E-state index contributed by atoms with van der Waals surface area (Å²) in [5.41, 5.74) is 1.65. The van der Waals surface area contributed by atoms with Crippen LogP contribution in [0.15, 0.2) is 36.9 Å². The van der Waals surface area contributed by atoms with Crippen molar-refractivity contribution in [2.45, 2.75) is 19.8 Å². The van der Waals surface area contributed by atoms with E-state index < -0.39 is 0 Å². The average Bonchev–Trinajstić information content (AvgIpc) is 2.47. The summed E-state index contributed by atoms with van der Waals surface area (Å²) < 4.78 is 11.1. The number of carbonyl (C=O) groups is 2. The van der Waals surface area contributed by atoms with Crippen molar-refractivity contribution in [1.82, 2.24) is 0 Å². The molecule has 0 aliphatic heterocycles. The molecule has 0 aliphatic carbocycles. The SMILES string of the molecule is C=CCCOc1cc(OCCC(=C)C)c(C=O)cc1C=O. The molecule has 0 heterocycles. The van der Waals surface area contributed by atoms with Gasteiger partial charge in [0.05, 0.1) is 24.3 Å². The lowest BCUT2D eigenvalue weighted by Gasteiger charge is -2.13. The number of carbonyl (C=O) groups excluding carboxylic acids is 2. The van der Waals surface area contributed by atoms with Crippen molar-refractivity contribution in [3.8, 4) is 11.5 Å². The van der Waals surface area contributed by atoms with Crippen LogP contribution < -0.4 is 9.47 Å². The molecule has 0 aromatic heterocycles. The fourth-order valence-corrected chi connectivity index (χ4v) is 1.62. The Morgan fingerprint density at radius 2 is 1.67 bits per heavy atom. The molecule has 1 aromatic carbocycles. The van der Waals surface area contributed by atoms with E-state index in [-0.39, 0.29) is 0 Å². The maximum absolute atomic E-state index is 11.1. The van der Waals surface area contributed by atoms with Crippen LogP contribution >= 0.6 is 0 Å². The summed E-state index contributed by atoms with van der Waals surface area (Å²) in [7, 11) is 0. The van der Waals surface area contributed by atoms with Crippen LogP contribution in [-0.2, 0) is 0 Å². The zero-order valence-corrected chi connectivity index (χ0v) is 12.3. The van der Waals surface area contributed by atoms with Gasteiger partial charge in [0.2, 0.25) is 0 Å². The Balaban J connectivity index is 2.95. The molecule has 0 amide bonds. The third kappa shape index (κ3) is 5.26. The van der Waals surface area contributed by atoms with Crippen LogP contribution in [0, 0.1) is 0 Å². The number of hydrogen-bond acceptors (Lipinski definition) is 4.